The molecule has 12 heavy (non-hydrogen) atoms. The molecule has 0 aliphatic carbocycles. The van der Waals surface area contributed by atoms with Gasteiger partial charge in [-0.05, 0) is 15.9 Å². The minimum atomic E-state index is -0.545. The number of carbonyl (C=O) groups is 1. The molecule has 0 aromatic carbocycles. The maximum absolute atomic E-state index is 10.4. The fourth-order valence-electron chi connectivity index (χ4n) is 0.823. The van der Waals surface area contributed by atoms with Crippen LogP contribution in [0.4, 0.5) is 5.69 Å². The fourth-order valence-corrected chi connectivity index (χ4v) is 1.29. The molecule has 0 radical (unpaired) electrons. The van der Waals surface area contributed by atoms with Gasteiger partial charge in [0.1, 0.15) is 0 Å². The highest BCUT2D eigenvalue weighted by atomic mass is 79.9. The van der Waals surface area contributed by atoms with Crippen molar-refractivity contribution in [2.75, 3.05) is 0 Å². The number of hydrogen-bond donors (Lipinski definition) is 0. The average molecular weight is 233 g/mol. The molecule has 0 aliphatic heterocycles. The third-order valence-corrected chi connectivity index (χ3v) is 2.43. The van der Waals surface area contributed by atoms with Crippen LogP contribution in [0.1, 0.15) is 10.5 Å². The quantitative estimate of drug-likeness (QED) is 0.441. The highest BCUT2D eigenvalue weighted by molar-refractivity contribution is 9.10. The summed E-state index contributed by atoms with van der Waals surface area (Å²) >= 11 is 3.00. The molecular weight excluding hydrogens is 228 g/mol. The zero-order valence-corrected chi connectivity index (χ0v) is 7.74. The first-order valence-corrected chi connectivity index (χ1v) is 3.82. The van der Waals surface area contributed by atoms with Gasteiger partial charge in [0.25, 0.3) is 0 Å². The predicted molar refractivity (Wildman–Crippen MR) is 45.2 cm³/mol. The number of hydrogen-bond acceptors (Lipinski definition) is 3. The molecule has 0 fully saturated rings. The van der Waals surface area contributed by atoms with E-state index in [4.69, 9.17) is 0 Å². The van der Waals surface area contributed by atoms with Gasteiger partial charge in [0, 0.05) is 13.1 Å². The van der Waals surface area contributed by atoms with E-state index >= 15 is 0 Å². The van der Waals surface area contributed by atoms with E-state index in [2.05, 4.69) is 15.9 Å². The summed E-state index contributed by atoms with van der Waals surface area (Å²) in [6.07, 6.45) is 0.567. The van der Waals surface area contributed by atoms with Gasteiger partial charge in [0.2, 0.25) is 0 Å². The Kier molecular flexibility index (Phi) is 2.27. The van der Waals surface area contributed by atoms with Crippen molar-refractivity contribution in [1.82, 2.24) is 4.57 Å². The van der Waals surface area contributed by atoms with Gasteiger partial charge in [-0.1, -0.05) is 0 Å². The summed E-state index contributed by atoms with van der Waals surface area (Å²) in [4.78, 5) is 20.2. The van der Waals surface area contributed by atoms with Crippen LogP contribution in [-0.2, 0) is 7.05 Å². The van der Waals surface area contributed by atoms with Crippen molar-refractivity contribution in [2.24, 2.45) is 7.05 Å². The summed E-state index contributed by atoms with van der Waals surface area (Å²) < 4.78 is 1.71. The predicted octanol–water partition coefficient (Wildman–Crippen LogP) is 1.51. The first-order chi connectivity index (χ1) is 5.57. The van der Waals surface area contributed by atoms with Gasteiger partial charge >= 0.3 is 5.69 Å². The van der Waals surface area contributed by atoms with Crippen molar-refractivity contribution in [3.8, 4) is 0 Å². The van der Waals surface area contributed by atoms with Gasteiger partial charge in [0.15, 0.2) is 10.9 Å². The lowest BCUT2D eigenvalue weighted by atomic mass is 10.4. The van der Waals surface area contributed by atoms with Crippen molar-refractivity contribution in [2.45, 2.75) is 0 Å². The Balaban J connectivity index is 3.34. The summed E-state index contributed by atoms with van der Waals surface area (Å²) in [6.45, 7) is 0. The Morgan fingerprint density at radius 3 is 2.58 bits per heavy atom. The van der Waals surface area contributed by atoms with Gasteiger partial charge < -0.3 is 4.57 Å². The Morgan fingerprint density at radius 2 is 2.33 bits per heavy atom. The van der Waals surface area contributed by atoms with E-state index in [0.717, 1.165) is 0 Å². The van der Waals surface area contributed by atoms with E-state index in [0.29, 0.717) is 10.9 Å². The van der Waals surface area contributed by atoms with Crippen LogP contribution >= 0.6 is 15.9 Å². The molecule has 0 saturated heterocycles. The van der Waals surface area contributed by atoms with E-state index < -0.39 is 4.92 Å². The molecule has 64 valence electrons. The molecule has 0 unspecified atom stereocenters. The number of nitrogens with zero attached hydrogens (tertiary/aromatic N) is 2. The second kappa shape index (κ2) is 3.06. The molecule has 0 bridgehead atoms. The summed E-state index contributed by atoms with van der Waals surface area (Å²) in [5, 5.41) is 10.3. The summed E-state index contributed by atoms with van der Waals surface area (Å²) in [7, 11) is 1.57. The Morgan fingerprint density at radius 1 is 1.75 bits per heavy atom. The molecular formula is C6H5BrN2O3. The van der Waals surface area contributed by atoms with E-state index in [1.165, 1.54) is 10.6 Å². The number of nitro groups is 1. The van der Waals surface area contributed by atoms with Crippen LogP contribution in [0.2, 0.25) is 0 Å². The van der Waals surface area contributed by atoms with E-state index in [9.17, 15) is 14.9 Å². The van der Waals surface area contributed by atoms with Crippen LogP contribution in [0.15, 0.2) is 10.7 Å². The van der Waals surface area contributed by atoms with Crippen LogP contribution in [0.3, 0.4) is 0 Å². The van der Waals surface area contributed by atoms with Gasteiger partial charge in [-0.15, -0.1) is 0 Å². The normalized spacial score (nSPS) is 9.83. The van der Waals surface area contributed by atoms with Crippen LogP contribution in [0, 0.1) is 10.1 Å². The first kappa shape index (κ1) is 8.92. The number of aromatic nitrogens is 1. The molecule has 0 N–H and O–H groups in total. The smallest absolute Gasteiger partial charge is 0.302 e. The van der Waals surface area contributed by atoms with Crippen LogP contribution in [0.5, 0.6) is 0 Å². The highest BCUT2D eigenvalue weighted by Gasteiger charge is 2.18. The molecule has 0 atom stereocenters. The zero-order chi connectivity index (χ0) is 9.30. The largest absolute Gasteiger partial charge is 0.330 e. The fraction of sp³-hybridized carbons (Fsp3) is 0.167. The maximum Gasteiger partial charge on any atom is 0.302 e. The summed E-state index contributed by atoms with van der Waals surface area (Å²) in [6, 6.07) is 1.22. The Bertz CT molecular complexity index is 345. The summed E-state index contributed by atoms with van der Waals surface area (Å²) in [5.41, 5.74) is 0.174. The number of carbonyl (C=O) groups excluding carboxylic acids is 1. The van der Waals surface area contributed by atoms with Gasteiger partial charge in [-0.25, -0.2) is 0 Å². The first-order valence-electron chi connectivity index (χ1n) is 3.02. The lowest BCUT2D eigenvalue weighted by molar-refractivity contribution is -0.385. The molecule has 0 spiro atoms. The van der Waals surface area contributed by atoms with Crippen molar-refractivity contribution in [1.29, 1.82) is 0 Å². The van der Waals surface area contributed by atoms with Crippen molar-refractivity contribution < 1.29 is 9.72 Å². The molecule has 1 rings (SSSR count). The lowest BCUT2D eigenvalue weighted by Gasteiger charge is -1.93. The molecule has 1 aromatic rings. The number of aldehydes is 1. The molecule has 0 saturated carbocycles. The van der Waals surface area contributed by atoms with Crippen LogP contribution < -0.4 is 0 Å². The second-order valence-electron chi connectivity index (χ2n) is 2.18. The van der Waals surface area contributed by atoms with Crippen LogP contribution in [-0.4, -0.2) is 15.8 Å². The van der Waals surface area contributed by atoms with E-state index in [-0.39, 0.29) is 11.4 Å². The second-order valence-corrected chi connectivity index (χ2v) is 2.93. The molecule has 0 amide bonds. The van der Waals surface area contributed by atoms with Gasteiger partial charge in [-0.2, -0.15) is 0 Å². The van der Waals surface area contributed by atoms with Crippen LogP contribution in [0.25, 0.3) is 0 Å². The number of rotatable bonds is 2. The SMILES string of the molecule is Cn1c(C=O)cc([N+](=O)[O-])c1Br. The molecule has 1 aromatic heterocycles. The van der Waals surface area contributed by atoms with Crippen molar-refractivity contribution in [3.63, 3.8) is 0 Å². The minimum absolute atomic E-state index is 0.0976. The molecule has 6 heteroatoms. The number of halogens is 1. The Hall–Kier alpha value is -1.17. The van der Waals surface area contributed by atoms with Crippen molar-refractivity contribution >= 4 is 27.9 Å². The molecule has 5 nitrogen and oxygen atoms in total. The van der Waals surface area contributed by atoms with E-state index in [1.807, 2.05) is 0 Å². The standard InChI is InChI=1S/C6H5BrN2O3/c1-8-4(3-10)2-5(6(8)7)9(11)12/h2-3H,1H3. The highest BCUT2D eigenvalue weighted by Crippen LogP contribution is 2.26. The third kappa shape index (κ3) is 1.25. The van der Waals surface area contributed by atoms with Crippen molar-refractivity contribution in [3.05, 3.63) is 26.5 Å². The zero-order valence-electron chi connectivity index (χ0n) is 6.15. The third-order valence-electron chi connectivity index (χ3n) is 1.50. The summed E-state index contributed by atoms with van der Waals surface area (Å²) in [5.74, 6) is 0. The topological polar surface area (TPSA) is 65.1 Å². The van der Waals surface area contributed by atoms with Gasteiger partial charge in [-0.3, -0.25) is 14.9 Å². The maximum atomic E-state index is 10.4. The van der Waals surface area contributed by atoms with Gasteiger partial charge in [0.05, 0.1) is 10.6 Å². The lowest BCUT2D eigenvalue weighted by Crippen LogP contribution is -1.93. The van der Waals surface area contributed by atoms with E-state index in [1.54, 1.807) is 7.05 Å². The minimum Gasteiger partial charge on any atom is -0.330 e. The Labute approximate surface area is 76.3 Å². The average Bonchev–Trinajstić information content (AvgIpc) is 2.30. The monoisotopic (exact) mass is 232 g/mol. The molecule has 0 aliphatic rings. The molecule has 1 heterocycles.